The predicted octanol–water partition coefficient (Wildman–Crippen LogP) is 3.68. The Morgan fingerprint density at radius 2 is 1.67 bits per heavy atom. The van der Waals surface area contributed by atoms with E-state index in [-0.39, 0.29) is 11.0 Å². The van der Waals surface area contributed by atoms with E-state index in [0.717, 1.165) is 30.9 Å². The van der Waals surface area contributed by atoms with Crippen LogP contribution in [0.25, 0.3) is 0 Å². The zero-order valence-corrected chi connectivity index (χ0v) is 13.8. The second-order valence-corrected chi connectivity index (χ2v) is 6.83. The molecule has 1 aliphatic rings. The summed E-state index contributed by atoms with van der Waals surface area (Å²) >= 11 is 0. The molecule has 1 aliphatic carbocycles. The standard InChI is InChI=1S/C18H27NO2/c1-17(2,3)19-13-18(10-6-7-11-18)14-8-9-15(20-4)16(12-14)21-5/h6-9,12,19H,10-11,13H2,1-5H3. The Hall–Kier alpha value is -1.48. The summed E-state index contributed by atoms with van der Waals surface area (Å²) in [4.78, 5) is 0. The lowest BCUT2D eigenvalue weighted by Crippen LogP contribution is -2.45. The van der Waals surface area contributed by atoms with Crippen LogP contribution in [0.15, 0.2) is 30.4 Å². The van der Waals surface area contributed by atoms with Crippen molar-refractivity contribution in [2.75, 3.05) is 20.8 Å². The van der Waals surface area contributed by atoms with Crippen LogP contribution in [0.3, 0.4) is 0 Å². The van der Waals surface area contributed by atoms with Crippen LogP contribution >= 0.6 is 0 Å². The van der Waals surface area contributed by atoms with Crippen molar-refractivity contribution in [3.05, 3.63) is 35.9 Å². The molecule has 0 aliphatic heterocycles. The van der Waals surface area contributed by atoms with Gasteiger partial charge in [0.25, 0.3) is 0 Å². The third-order valence-electron chi connectivity index (χ3n) is 4.14. The molecule has 0 unspecified atom stereocenters. The third kappa shape index (κ3) is 3.59. The van der Waals surface area contributed by atoms with Crippen molar-refractivity contribution in [3.63, 3.8) is 0 Å². The van der Waals surface area contributed by atoms with Crippen molar-refractivity contribution < 1.29 is 9.47 Å². The first-order chi connectivity index (χ1) is 9.90. The van der Waals surface area contributed by atoms with Crippen molar-refractivity contribution in [1.82, 2.24) is 5.32 Å². The molecular formula is C18H27NO2. The molecule has 0 aromatic heterocycles. The number of hydrogen-bond donors (Lipinski definition) is 1. The van der Waals surface area contributed by atoms with Crippen LogP contribution < -0.4 is 14.8 Å². The fourth-order valence-corrected chi connectivity index (χ4v) is 2.78. The predicted molar refractivity (Wildman–Crippen MR) is 87.4 cm³/mol. The number of hydrogen-bond acceptors (Lipinski definition) is 3. The Balaban J connectivity index is 2.30. The maximum atomic E-state index is 5.46. The largest absolute Gasteiger partial charge is 0.493 e. The van der Waals surface area contributed by atoms with E-state index in [1.54, 1.807) is 14.2 Å². The molecule has 0 amide bonds. The van der Waals surface area contributed by atoms with Gasteiger partial charge in [0.1, 0.15) is 0 Å². The summed E-state index contributed by atoms with van der Waals surface area (Å²) in [6.45, 7) is 7.58. The average Bonchev–Trinajstić information content (AvgIpc) is 2.94. The first-order valence-electron chi connectivity index (χ1n) is 7.53. The summed E-state index contributed by atoms with van der Waals surface area (Å²) in [5.74, 6) is 1.59. The Bertz CT molecular complexity index is 506. The van der Waals surface area contributed by atoms with Gasteiger partial charge in [0.05, 0.1) is 14.2 Å². The Morgan fingerprint density at radius 1 is 1.05 bits per heavy atom. The van der Waals surface area contributed by atoms with Crippen LogP contribution in [0.1, 0.15) is 39.2 Å². The second kappa shape index (κ2) is 6.10. The molecule has 0 fully saturated rings. The van der Waals surface area contributed by atoms with Crippen molar-refractivity contribution in [2.45, 2.75) is 44.6 Å². The van der Waals surface area contributed by atoms with Crippen LogP contribution in [-0.2, 0) is 5.41 Å². The molecule has 0 radical (unpaired) electrons. The first-order valence-corrected chi connectivity index (χ1v) is 7.53. The van der Waals surface area contributed by atoms with Gasteiger partial charge < -0.3 is 14.8 Å². The average molecular weight is 289 g/mol. The number of ether oxygens (including phenoxy) is 2. The maximum absolute atomic E-state index is 5.46. The number of nitrogens with one attached hydrogen (secondary N) is 1. The summed E-state index contributed by atoms with van der Waals surface area (Å²) < 4.78 is 10.8. The van der Waals surface area contributed by atoms with Gasteiger partial charge in [-0.2, -0.15) is 0 Å². The molecule has 1 N–H and O–H groups in total. The lowest BCUT2D eigenvalue weighted by molar-refractivity contribution is 0.333. The molecule has 116 valence electrons. The Kier molecular flexibility index (Phi) is 4.62. The molecule has 0 spiro atoms. The summed E-state index contributed by atoms with van der Waals surface area (Å²) in [6.07, 6.45) is 6.68. The minimum absolute atomic E-state index is 0.117. The monoisotopic (exact) mass is 289 g/mol. The van der Waals surface area contributed by atoms with Gasteiger partial charge >= 0.3 is 0 Å². The first kappa shape index (κ1) is 15.9. The fourth-order valence-electron chi connectivity index (χ4n) is 2.78. The van der Waals surface area contributed by atoms with E-state index in [1.165, 1.54) is 5.56 Å². The molecule has 21 heavy (non-hydrogen) atoms. The lowest BCUT2D eigenvalue weighted by atomic mass is 9.77. The fraction of sp³-hybridized carbons (Fsp3) is 0.556. The molecular weight excluding hydrogens is 262 g/mol. The van der Waals surface area contributed by atoms with Gasteiger partial charge in [0.15, 0.2) is 11.5 Å². The molecule has 0 bridgehead atoms. The van der Waals surface area contributed by atoms with Crippen LogP contribution in [0.2, 0.25) is 0 Å². The molecule has 0 saturated carbocycles. The third-order valence-corrected chi connectivity index (χ3v) is 4.14. The van der Waals surface area contributed by atoms with E-state index in [4.69, 9.17) is 9.47 Å². The molecule has 0 atom stereocenters. The Morgan fingerprint density at radius 3 is 2.19 bits per heavy atom. The van der Waals surface area contributed by atoms with Crippen LogP contribution in [0, 0.1) is 0 Å². The van der Waals surface area contributed by atoms with Crippen LogP contribution in [0.5, 0.6) is 11.5 Å². The van der Waals surface area contributed by atoms with E-state index < -0.39 is 0 Å². The SMILES string of the molecule is COc1ccc(C2(CNC(C)(C)C)CC=CC2)cc1OC. The summed E-state index contributed by atoms with van der Waals surface area (Å²) in [5, 5.41) is 3.66. The van der Waals surface area contributed by atoms with Gasteiger partial charge in [-0.3, -0.25) is 0 Å². The van der Waals surface area contributed by atoms with Crippen molar-refractivity contribution >= 4 is 0 Å². The van der Waals surface area contributed by atoms with Crippen molar-refractivity contribution in [1.29, 1.82) is 0 Å². The molecule has 1 aromatic carbocycles. The van der Waals surface area contributed by atoms with E-state index in [9.17, 15) is 0 Å². The molecule has 3 heteroatoms. The highest BCUT2D eigenvalue weighted by Gasteiger charge is 2.34. The molecule has 1 aromatic rings. The van der Waals surface area contributed by atoms with Crippen LogP contribution in [-0.4, -0.2) is 26.3 Å². The van der Waals surface area contributed by atoms with Gasteiger partial charge in [0, 0.05) is 17.5 Å². The zero-order valence-electron chi connectivity index (χ0n) is 13.8. The molecule has 0 heterocycles. The topological polar surface area (TPSA) is 30.5 Å². The minimum atomic E-state index is 0.117. The number of allylic oxidation sites excluding steroid dienone is 2. The van der Waals surface area contributed by atoms with Gasteiger partial charge in [0.2, 0.25) is 0 Å². The summed E-state index contributed by atoms with van der Waals surface area (Å²) in [5.41, 5.74) is 1.54. The normalized spacial score (nSPS) is 17.0. The van der Waals surface area contributed by atoms with E-state index in [1.807, 2.05) is 6.07 Å². The van der Waals surface area contributed by atoms with E-state index >= 15 is 0 Å². The Labute approximate surface area is 128 Å². The minimum Gasteiger partial charge on any atom is -0.493 e. The van der Waals surface area contributed by atoms with E-state index in [0.29, 0.717) is 0 Å². The summed E-state index contributed by atoms with van der Waals surface area (Å²) in [7, 11) is 3.36. The summed E-state index contributed by atoms with van der Waals surface area (Å²) in [6, 6.07) is 6.29. The molecule has 3 nitrogen and oxygen atoms in total. The van der Waals surface area contributed by atoms with E-state index in [2.05, 4.69) is 50.4 Å². The molecule has 0 saturated heterocycles. The lowest BCUT2D eigenvalue weighted by Gasteiger charge is -2.34. The maximum Gasteiger partial charge on any atom is 0.161 e. The number of benzene rings is 1. The quantitative estimate of drug-likeness (QED) is 0.839. The second-order valence-electron chi connectivity index (χ2n) is 6.83. The van der Waals surface area contributed by atoms with Gasteiger partial charge in [-0.1, -0.05) is 18.2 Å². The highest BCUT2D eigenvalue weighted by Crippen LogP contribution is 2.40. The van der Waals surface area contributed by atoms with Crippen molar-refractivity contribution in [2.24, 2.45) is 0 Å². The highest BCUT2D eigenvalue weighted by molar-refractivity contribution is 5.46. The molecule has 2 rings (SSSR count). The van der Waals surface area contributed by atoms with Gasteiger partial charge in [-0.15, -0.1) is 0 Å². The van der Waals surface area contributed by atoms with Crippen LogP contribution in [0.4, 0.5) is 0 Å². The smallest absolute Gasteiger partial charge is 0.161 e. The number of methoxy groups -OCH3 is 2. The van der Waals surface area contributed by atoms with Crippen molar-refractivity contribution in [3.8, 4) is 11.5 Å². The van der Waals surface area contributed by atoms with Gasteiger partial charge in [-0.25, -0.2) is 0 Å². The zero-order chi connectivity index (χ0) is 15.5. The highest BCUT2D eigenvalue weighted by atomic mass is 16.5. The number of rotatable bonds is 5. The van der Waals surface area contributed by atoms with Gasteiger partial charge in [-0.05, 0) is 51.3 Å².